The number of nitrogens with one attached hydrogen (secondary N) is 1. The molecular weight excluding hydrogens is 442 g/mol. The topological polar surface area (TPSA) is 86.4 Å². The Morgan fingerprint density at radius 3 is 2.61 bits per heavy atom. The van der Waals surface area contributed by atoms with Gasteiger partial charge in [0.15, 0.2) is 17.4 Å². The van der Waals surface area contributed by atoms with E-state index in [9.17, 15) is 9.59 Å². The van der Waals surface area contributed by atoms with Gasteiger partial charge >= 0.3 is 0 Å². The number of hydrogen-bond acceptors (Lipinski definition) is 5. The lowest BCUT2D eigenvalue weighted by Crippen LogP contribution is -2.12. The predicted molar refractivity (Wildman–Crippen MR) is 125 cm³/mol. The number of amides is 1. The van der Waals surface area contributed by atoms with Gasteiger partial charge in [-0.15, -0.1) is 0 Å². The van der Waals surface area contributed by atoms with Gasteiger partial charge in [-0.25, -0.2) is 0 Å². The first-order chi connectivity index (χ1) is 15.9. The summed E-state index contributed by atoms with van der Waals surface area (Å²) in [6, 6.07) is 19.5. The second-order valence-corrected chi connectivity index (χ2v) is 7.98. The predicted octanol–water partition coefficient (Wildman–Crippen LogP) is 5.52. The van der Waals surface area contributed by atoms with Crippen LogP contribution in [-0.4, -0.2) is 21.5 Å². The van der Waals surface area contributed by atoms with E-state index in [0.717, 1.165) is 11.3 Å². The molecule has 0 unspecified atom stereocenters. The molecule has 1 N–H and O–H groups in total. The Bertz CT molecular complexity index is 1290. The number of nitrogens with zero attached hydrogens (tertiary/aromatic N) is 2. The van der Waals surface area contributed by atoms with Crippen molar-refractivity contribution in [1.29, 1.82) is 0 Å². The zero-order valence-corrected chi connectivity index (χ0v) is 18.9. The van der Waals surface area contributed by atoms with E-state index < -0.39 is 5.91 Å². The first-order valence-electron chi connectivity index (χ1n) is 10.3. The van der Waals surface area contributed by atoms with Crippen molar-refractivity contribution in [3.63, 3.8) is 0 Å². The molecule has 33 heavy (non-hydrogen) atoms. The standard InChI is InChI=1S/C25H22ClN3O4/c1-16-12-24(28-29(16)14-18-4-3-5-20(26)13-18)27-25(31)23-11-10-22(33-23)15-32-21-8-6-19(7-9-21)17(2)30/h3-13H,14-15H2,1-2H3,(H,27,28,31). The van der Waals surface area contributed by atoms with Crippen LogP contribution >= 0.6 is 11.6 Å². The average Bonchev–Trinajstić information content (AvgIpc) is 3.39. The van der Waals surface area contributed by atoms with Crippen molar-refractivity contribution in [3.05, 3.63) is 100 Å². The fourth-order valence-electron chi connectivity index (χ4n) is 3.24. The molecule has 0 aliphatic rings. The number of carbonyl (C=O) groups is 2. The third-order valence-corrected chi connectivity index (χ3v) is 5.21. The average molecular weight is 464 g/mol. The highest BCUT2D eigenvalue weighted by Gasteiger charge is 2.14. The lowest BCUT2D eigenvalue weighted by Gasteiger charge is -2.05. The summed E-state index contributed by atoms with van der Waals surface area (Å²) in [5.74, 6) is 1.27. The number of Topliss-reactive ketones (excluding diaryl/α,β-unsaturated/α-hetero) is 1. The van der Waals surface area contributed by atoms with E-state index in [1.807, 2.05) is 31.2 Å². The largest absolute Gasteiger partial charge is 0.486 e. The SMILES string of the molecule is CC(=O)c1ccc(OCc2ccc(C(=O)Nc3cc(C)n(Cc4cccc(Cl)c4)n3)o2)cc1. The number of ketones is 1. The smallest absolute Gasteiger partial charge is 0.292 e. The van der Waals surface area contributed by atoms with Gasteiger partial charge < -0.3 is 14.5 Å². The van der Waals surface area contributed by atoms with Crippen LogP contribution in [0.5, 0.6) is 5.75 Å². The van der Waals surface area contributed by atoms with E-state index in [-0.39, 0.29) is 18.2 Å². The Labute approximate surface area is 195 Å². The van der Waals surface area contributed by atoms with Gasteiger partial charge in [-0.3, -0.25) is 14.3 Å². The molecule has 0 spiro atoms. The van der Waals surface area contributed by atoms with Crippen LogP contribution in [-0.2, 0) is 13.2 Å². The van der Waals surface area contributed by atoms with Gasteiger partial charge in [-0.2, -0.15) is 5.10 Å². The van der Waals surface area contributed by atoms with Crippen LogP contribution in [0.15, 0.2) is 71.1 Å². The minimum absolute atomic E-state index is 0.00673. The Morgan fingerprint density at radius 2 is 1.88 bits per heavy atom. The van der Waals surface area contributed by atoms with Crippen molar-refractivity contribution >= 4 is 29.1 Å². The van der Waals surface area contributed by atoms with Crippen molar-refractivity contribution in [1.82, 2.24) is 9.78 Å². The molecule has 4 aromatic rings. The minimum atomic E-state index is -0.403. The van der Waals surface area contributed by atoms with Crippen molar-refractivity contribution < 1.29 is 18.7 Å². The summed E-state index contributed by atoms with van der Waals surface area (Å²) in [4.78, 5) is 23.9. The van der Waals surface area contributed by atoms with Gasteiger partial charge in [0.25, 0.3) is 5.91 Å². The molecular formula is C25H22ClN3O4. The molecule has 0 saturated heterocycles. The number of carbonyl (C=O) groups excluding carboxylic acids is 2. The molecule has 7 nitrogen and oxygen atoms in total. The van der Waals surface area contributed by atoms with E-state index in [1.54, 1.807) is 47.1 Å². The molecule has 2 aromatic carbocycles. The number of benzene rings is 2. The molecule has 1 amide bonds. The summed E-state index contributed by atoms with van der Waals surface area (Å²) in [6.07, 6.45) is 0. The highest BCUT2D eigenvalue weighted by Crippen LogP contribution is 2.18. The van der Waals surface area contributed by atoms with Gasteiger partial charge in [-0.05, 0) is 67.9 Å². The quantitative estimate of drug-likeness (QED) is 0.348. The summed E-state index contributed by atoms with van der Waals surface area (Å²) >= 11 is 6.05. The number of halogens is 1. The Kier molecular flexibility index (Phi) is 6.60. The van der Waals surface area contributed by atoms with Gasteiger partial charge in [0.05, 0.1) is 6.54 Å². The van der Waals surface area contributed by atoms with Crippen LogP contribution in [0.25, 0.3) is 0 Å². The number of anilines is 1. The summed E-state index contributed by atoms with van der Waals surface area (Å²) in [7, 11) is 0. The highest BCUT2D eigenvalue weighted by molar-refractivity contribution is 6.30. The van der Waals surface area contributed by atoms with Crippen LogP contribution in [0.4, 0.5) is 5.82 Å². The van der Waals surface area contributed by atoms with E-state index in [2.05, 4.69) is 10.4 Å². The van der Waals surface area contributed by atoms with Gasteiger partial charge in [0, 0.05) is 22.3 Å². The maximum absolute atomic E-state index is 12.6. The molecule has 0 fully saturated rings. The fraction of sp³-hybridized carbons (Fsp3) is 0.160. The third kappa shape index (κ3) is 5.70. The van der Waals surface area contributed by atoms with Gasteiger partial charge in [0.1, 0.15) is 18.1 Å². The highest BCUT2D eigenvalue weighted by atomic mass is 35.5. The second-order valence-electron chi connectivity index (χ2n) is 7.55. The Balaban J connectivity index is 1.35. The van der Waals surface area contributed by atoms with Gasteiger partial charge in [-0.1, -0.05) is 23.7 Å². The molecule has 0 radical (unpaired) electrons. The van der Waals surface area contributed by atoms with Crippen molar-refractivity contribution in [2.45, 2.75) is 27.0 Å². The van der Waals surface area contributed by atoms with Gasteiger partial charge in [0.2, 0.25) is 0 Å². The summed E-state index contributed by atoms with van der Waals surface area (Å²) in [6.45, 7) is 4.12. The van der Waals surface area contributed by atoms with E-state index in [0.29, 0.717) is 34.5 Å². The van der Waals surface area contributed by atoms with Crippen LogP contribution < -0.4 is 10.1 Å². The number of rotatable bonds is 8. The molecule has 168 valence electrons. The molecule has 0 atom stereocenters. The molecule has 2 heterocycles. The maximum atomic E-state index is 12.6. The number of aromatic nitrogens is 2. The van der Waals surface area contributed by atoms with Crippen molar-refractivity contribution in [2.75, 3.05) is 5.32 Å². The normalized spacial score (nSPS) is 10.8. The number of furan rings is 1. The minimum Gasteiger partial charge on any atom is -0.486 e. The van der Waals surface area contributed by atoms with E-state index in [1.165, 1.54) is 6.92 Å². The zero-order chi connectivity index (χ0) is 23.4. The summed E-state index contributed by atoms with van der Waals surface area (Å²) < 4.78 is 13.1. The summed E-state index contributed by atoms with van der Waals surface area (Å²) in [5, 5.41) is 7.87. The number of ether oxygens (including phenoxy) is 1. The molecule has 0 saturated carbocycles. The monoisotopic (exact) mass is 463 g/mol. The number of hydrogen-bond donors (Lipinski definition) is 1. The lowest BCUT2D eigenvalue weighted by molar-refractivity contribution is 0.0990. The Hall–Kier alpha value is -3.84. The van der Waals surface area contributed by atoms with Crippen molar-refractivity contribution in [3.8, 4) is 5.75 Å². The van der Waals surface area contributed by atoms with E-state index >= 15 is 0 Å². The first-order valence-corrected chi connectivity index (χ1v) is 10.7. The molecule has 0 bridgehead atoms. The van der Waals surface area contributed by atoms with Crippen molar-refractivity contribution in [2.24, 2.45) is 0 Å². The van der Waals surface area contributed by atoms with Crippen LogP contribution in [0, 0.1) is 6.92 Å². The first kappa shape index (κ1) is 22.4. The fourth-order valence-corrected chi connectivity index (χ4v) is 3.45. The third-order valence-electron chi connectivity index (χ3n) is 4.97. The maximum Gasteiger partial charge on any atom is 0.292 e. The zero-order valence-electron chi connectivity index (χ0n) is 18.2. The molecule has 4 rings (SSSR count). The molecule has 2 aromatic heterocycles. The Morgan fingerprint density at radius 1 is 1.09 bits per heavy atom. The second kappa shape index (κ2) is 9.75. The van der Waals surface area contributed by atoms with Crippen LogP contribution in [0.1, 0.15) is 44.9 Å². The van der Waals surface area contributed by atoms with Crippen LogP contribution in [0.3, 0.4) is 0 Å². The van der Waals surface area contributed by atoms with Crippen LogP contribution in [0.2, 0.25) is 5.02 Å². The molecule has 0 aliphatic heterocycles. The summed E-state index contributed by atoms with van der Waals surface area (Å²) in [5.41, 5.74) is 2.53. The molecule has 8 heteroatoms. The number of aryl methyl sites for hydroxylation is 1. The molecule has 0 aliphatic carbocycles. The lowest BCUT2D eigenvalue weighted by atomic mass is 10.1. The van der Waals surface area contributed by atoms with E-state index in [4.69, 9.17) is 20.8 Å².